The van der Waals surface area contributed by atoms with E-state index in [9.17, 15) is 9.59 Å². The van der Waals surface area contributed by atoms with E-state index in [1.54, 1.807) is 21.3 Å². The summed E-state index contributed by atoms with van der Waals surface area (Å²) in [5.74, 6) is -1.31. The number of Topliss-reactive ketones (excluding diaryl/α,β-unsaturated/α-hetero) is 1. The highest BCUT2D eigenvalue weighted by molar-refractivity contribution is 5.99. The number of allylic oxidation sites excluding steroid dienone is 2. The van der Waals surface area contributed by atoms with Crippen LogP contribution in [0.3, 0.4) is 0 Å². The molecule has 4 heterocycles. The lowest BCUT2D eigenvalue weighted by atomic mass is 9.64. The van der Waals surface area contributed by atoms with Gasteiger partial charge < -0.3 is 47.5 Å². The van der Waals surface area contributed by atoms with Gasteiger partial charge in [-0.2, -0.15) is 0 Å². The van der Waals surface area contributed by atoms with E-state index in [1.165, 1.54) is 6.92 Å². The van der Waals surface area contributed by atoms with Crippen molar-refractivity contribution in [2.75, 3.05) is 35.4 Å². The fraction of sp³-hybridized carbons (Fsp3) is 0.848. The zero-order chi connectivity index (χ0) is 44.4. The first-order chi connectivity index (χ1) is 29.7. The second-order valence-electron chi connectivity index (χ2n) is 19.0. The highest BCUT2D eigenvalue weighted by Crippen LogP contribution is 2.60. The summed E-state index contributed by atoms with van der Waals surface area (Å²) in [4.78, 5) is 42.9. The molecule has 62 heavy (non-hydrogen) atoms. The number of carbonyl (C=O) groups excluding carboxylic acids is 3. The van der Waals surface area contributed by atoms with Crippen molar-refractivity contribution in [3.8, 4) is 0 Å². The predicted octanol–water partition coefficient (Wildman–Crippen LogP) is 5.22. The number of nitrogens with zero attached hydrogens (tertiary/aromatic N) is 4. The molecule has 4 unspecified atom stereocenters. The fourth-order valence-corrected chi connectivity index (χ4v) is 12.0. The van der Waals surface area contributed by atoms with Crippen LogP contribution in [0, 0.1) is 35.5 Å². The number of carbonyl (C=O) groups is 3. The minimum absolute atomic E-state index is 0.00353. The molecule has 16 heteroatoms. The molecule has 0 spiro atoms. The van der Waals surface area contributed by atoms with Crippen LogP contribution in [-0.4, -0.2) is 140 Å². The lowest BCUT2D eigenvalue weighted by Gasteiger charge is -2.44. The number of rotatable bonds is 12. The average molecular weight is 873 g/mol. The van der Waals surface area contributed by atoms with Crippen molar-refractivity contribution < 1.29 is 57.0 Å². The van der Waals surface area contributed by atoms with Crippen LogP contribution in [0.1, 0.15) is 111 Å². The largest absolute Gasteiger partial charge is 0.462 e. The number of aromatic nitrogens is 3. The summed E-state index contributed by atoms with van der Waals surface area (Å²) in [5, 5.41) is 8.98. The van der Waals surface area contributed by atoms with Crippen LogP contribution in [0.4, 0.5) is 0 Å². The Labute approximate surface area is 367 Å². The lowest BCUT2D eigenvalue weighted by Crippen LogP contribution is -2.59. The molecule has 18 atom stereocenters. The monoisotopic (exact) mass is 873 g/mol. The van der Waals surface area contributed by atoms with E-state index < -0.39 is 36.7 Å². The molecule has 0 aromatic carbocycles. The van der Waals surface area contributed by atoms with E-state index in [2.05, 4.69) is 49.2 Å². The van der Waals surface area contributed by atoms with E-state index in [-0.39, 0.29) is 97.0 Å². The summed E-state index contributed by atoms with van der Waals surface area (Å²) in [7, 11) is 9.07. The molecule has 1 aromatic heterocycles. The zero-order valence-electron chi connectivity index (χ0n) is 38.5. The molecule has 0 amide bonds. The second kappa shape index (κ2) is 20.6. The van der Waals surface area contributed by atoms with Gasteiger partial charge >= 0.3 is 11.9 Å². The molecule has 0 bridgehead atoms. The quantitative estimate of drug-likeness (QED) is 0.251. The van der Waals surface area contributed by atoms with E-state index in [0.29, 0.717) is 55.8 Å². The molecule has 0 N–H and O–H groups in total. The Morgan fingerprint density at radius 2 is 1.63 bits per heavy atom. The molecule has 3 aliphatic heterocycles. The SMILES string of the molecule is CC[C@H]1CCC[C@H](O[C@H]2CC[C@H](N(C)C)C(C)O2)[C@@H](C)C(=O)C2=C[C@@H]3[C@@H](C[C@@H](n4cc(COC(C)=O)nn4)[C@@H]4C[C@@H](O[C@@H]5OC(C)[C@H](OC)C(OC)C5OC)C[C@@H]34)[C@@H]2CC(=O)O1. The Morgan fingerprint density at radius 1 is 0.887 bits per heavy atom. The van der Waals surface area contributed by atoms with Gasteiger partial charge in [0.2, 0.25) is 0 Å². The van der Waals surface area contributed by atoms with Crippen LogP contribution in [0.5, 0.6) is 0 Å². The van der Waals surface area contributed by atoms with Crippen molar-refractivity contribution in [3.63, 3.8) is 0 Å². The first-order valence-electron chi connectivity index (χ1n) is 23.1. The number of hydrogen-bond acceptors (Lipinski definition) is 15. The Bertz CT molecular complexity index is 1720. The molecule has 0 radical (unpaired) electrons. The van der Waals surface area contributed by atoms with Gasteiger partial charge in [-0.25, -0.2) is 4.68 Å². The van der Waals surface area contributed by atoms with E-state index in [1.807, 2.05) is 24.7 Å². The van der Waals surface area contributed by atoms with Crippen molar-refractivity contribution >= 4 is 17.7 Å². The fourth-order valence-electron chi connectivity index (χ4n) is 12.0. The number of methoxy groups -OCH3 is 3. The topological polar surface area (TPSA) is 168 Å². The molecule has 5 fully saturated rings. The van der Waals surface area contributed by atoms with Crippen LogP contribution in [0.15, 0.2) is 17.8 Å². The highest BCUT2D eigenvalue weighted by Gasteiger charge is 2.57. The van der Waals surface area contributed by atoms with Gasteiger partial charge in [-0.3, -0.25) is 14.4 Å². The summed E-state index contributed by atoms with van der Waals surface area (Å²) >= 11 is 0. The summed E-state index contributed by atoms with van der Waals surface area (Å²) in [6.07, 6.45) is 7.31. The summed E-state index contributed by atoms with van der Waals surface area (Å²) < 4.78 is 57.5. The third-order valence-electron chi connectivity index (χ3n) is 15.1. The first-order valence-corrected chi connectivity index (χ1v) is 23.1. The molecule has 3 saturated heterocycles. The molecular weight excluding hydrogens is 801 g/mol. The van der Waals surface area contributed by atoms with Gasteiger partial charge in [0, 0.05) is 46.1 Å². The minimum Gasteiger partial charge on any atom is -0.462 e. The number of ether oxygens (including phenoxy) is 9. The van der Waals surface area contributed by atoms with Gasteiger partial charge in [-0.05, 0) is 115 Å². The number of likely N-dealkylation sites (N-methyl/N-ethyl adjacent to an activating group) is 1. The first kappa shape index (κ1) is 47.1. The second-order valence-corrected chi connectivity index (χ2v) is 19.0. The minimum atomic E-state index is -0.699. The van der Waals surface area contributed by atoms with Crippen LogP contribution in [0.25, 0.3) is 0 Å². The maximum absolute atomic E-state index is 15.1. The van der Waals surface area contributed by atoms with Gasteiger partial charge in [0.25, 0.3) is 0 Å². The molecular formula is C46H72N4O12. The Hall–Kier alpha value is -2.83. The van der Waals surface area contributed by atoms with Crippen LogP contribution >= 0.6 is 0 Å². The molecule has 1 aromatic rings. The van der Waals surface area contributed by atoms with Gasteiger partial charge in [0.15, 0.2) is 18.4 Å². The molecule has 348 valence electrons. The predicted molar refractivity (Wildman–Crippen MR) is 224 cm³/mol. The van der Waals surface area contributed by atoms with Crippen molar-refractivity contribution in [2.45, 2.75) is 179 Å². The number of ketones is 1. The number of hydrogen-bond donors (Lipinski definition) is 0. The van der Waals surface area contributed by atoms with E-state index in [4.69, 9.17) is 42.6 Å². The third-order valence-corrected chi connectivity index (χ3v) is 15.1. The van der Waals surface area contributed by atoms with Crippen molar-refractivity contribution in [3.05, 3.63) is 23.5 Å². The van der Waals surface area contributed by atoms with Gasteiger partial charge in [-0.1, -0.05) is 25.1 Å². The van der Waals surface area contributed by atoms with Crippen LogP contribution in [-0.2, 0) is 63.6 Å². The normalized spacial score (nSPS) is 41.6. The third kappa shape index (κ3) is 10.0. The molecule has 3 aliphatic carbocycles. The number of cyclic esters (lactones) is 1. The van der Waals surface area contributed by atoms with Crippen LogP contribution < -0.4 is 0 Å². The summed E-state index contributed by atoms with van der Waals surface area (Å²) in [6.45, 7) is 9.47. The maximum Gasteiger partial charge on any atom is 0.306 e. The smallest absolute Gasteiger partial charge is 0.306 e. The van der Waals surface area contributed by atoms with Gasteiger partial charge in [0.1, 0.15) is 36.7 Å². The maximum atomic E-state index is 15.1. The Balaban J connectivity index is 1.19. The molecule has 6 aliphatic rings. The van der Waals surface area contributed by atoms with Crippen molar-refractivity contribution in [1.29, 1.82) is 0 Å². The zero-order valence-corrected chi connectivity index (χ0v) is 38.5. The highest BCUT2D eigenvalue weighted by atomic mass is 16.7. The molecule has 2 saturated carbocycles. The molecule has 16 nitrogen and oxygen atoms in total. The van der Waals surface area contributed by atoms with Crippen molar-refractivity contribution in [2.24, 2.45) is 35.5 Å². The summed E-state index contributed by atoms with van der Waals surface area (Å²) in [5.41, 5.74) is 1.25. The number of fused-ring (bicyclic) bond motifs is 5. The number of esters is 2. The van der Waals surface area contributed by atoms with Crippen LogP contribution in [0.2, 0.25) is 0 Å². The average Bonchev–Trinajstić information content (AvgIpc) is 3.98. The van der Waals surface area contributed by atoms with Gasteiger partial charge in [-0.15, -0.1) is 5.10 Å². The Morgan fingerprint density at radius 3 is 2.31 bits per heavy atom. The molecule has 7 rings (SSSR count). The Kier molecular flexibility index (Phi) is 15.6. The van der Waals surface area contributed by atoms with Gasteiger partial charge in [0.05, 0.1) is 43.1 Å². The standard InChI is InChI=1S/C46H72N4O12/c1-11-29-13-12-14-39(62-41-16-15-37(49(6)7)25(3)58-41)24(2)42(53)36-19-32-31-17-30(61-46-45(56-10)44(55-9)43(54-8)26(4)59-46)18-35(31)38(20-33(32)34(36)21-40(52)60-29)50-22-28(47-48-50)23-57-27(5)51/h19,22,24-26,29-35,37-39,41,43-46H,11-18,20-21,23H2,1-10H3/t24-,25?,26?,29+,30+,31+,32+,33-,34+,35-,37+,38-,39+,41+,43+,44?,45?,46+/m1/s1. The van der Waals surface area contributed by atoms with E-state index in [0.717, 1.165) is 19.3 Å². The summed E-state index contributed by atoms with van der Waals surface area (Å²) in [6, 6.07) is 0.172. The van der Waals surface area contributed by atoms with E-state index >= 15 is 4.79 Å². The van der Waals surface area contributed by atoms with Crippen molar-refractivity contribution in [1.82, 2.24) is 19.9 Å². The lowest BCUT2D eigenvalue weighted by molar-refractivity contribution is -0.314.